The van der Waals surface area contributed by atoms with Crippen molar-refractivity contribution in [2.75, 3.05) is 0 Å². The predicted octanol–water partition coefficient (Wildman–Crippen LogP) is 3.47. The molecule has 1 aliphatic rings. The van der Waals surface area contributed by atoms with Crippen molar-refractivity contribution < 1.29 is 19.8 Å². The van der Waals surface area contributed by atoms with Crippen LogP contribution in [0.2, 0.25) is 0 Å². The Labute approximate surface area is 196 Å². The number of benzene rings is 2. The fourth-order valence-electron chi connectivity index (χ4n) is 4.61. The lowest BCUT2D eigenvalue weighted by Crippen LogP contribution is -2.61. The zero-order valence-corrected chi connectivity index (χ0v) is 20.0. The quantitative estimate of drug-likeness (QED) is 0.597. The monoisotopic (exact) mass is 453 g/mol. The SMILES string of the molecule is CC(C)(C)N(C(=O)O)[C@@H](Cc1ccccc1)C(O)C1NC(C)(C)N(Cc2ccccc2)C1=O. The van der Waals surface area contributed by atoms with Crippen LogP contribution in [0.4, 0.5) is 4.79 Å². The minimum atomic E-state index is -1.24. The number of nitrogens with zero attached hydrogens (tertiary/aromatic N) is 2. The van der Waals surface area contributed by atoms with Gasteiger partial charge in [-0.05, 0) is 52.2 Å². The number of aliphatic hydroxyl groups is 1. The summed E-state index contributed by atoms with van der Waals surface area (Å²) < 4.78 is 0. The third-order valence-electron chi connectivity index (χ3n) is 6.18. The van der Waals surface area contributed by atoms with Crippen LogP contribution in [0.3, 0.4) is 0 Å². The molecule has 1 saturated heterocycles. The Bertz CT molecular complexity index is 957. The van der Waals surface area contributed by atoms with Crippen molar-refractivity contribution >= 4 is 12.0 Å². The van der Waals surface area contributed by atoms with E-state index in [0.717, 1.165) is 11.1 Å². The van der Waals surface area contributed by atoms with Gasteiger partial charge in [-0.25, -0.2) is 4.79 Å². The van der Waals surface area contributed by atoms with E-state index >= 15 is 0 Å². The van der Waals surface area contributed by atoms with Gasteiger partial charge in [0.25, 0.3) is 0 Å². The summed E-state index contributed by atoms with van der Waals surface area (Å²) in [4.78, 5) is 28.8. The molecule has 3 N–H and O–H groups in total. The molecule has 2 amide bonds. The van der Waals surface area contributed by atoms with Gasteiger partial charge in [-0.3, -0.25) is 15.0 Å². The summed E-state index contributed by atoms with van der Waals surface area (Å²) in [6.45, 7) is 9.56. The Morgan fingerprint density at radius 3 is 2.06 bits per heavy atom. The summed E-state index contributed by atoms with van der Waals surface area (Å²) in [5, 5.41) is 24.9. The number of carbonyl (C=O) groups is 2. The highest BCUT2D eigenvalue weighted by Crippen LogP contribution is 2.30. The van der Waals surface area contributed by atoms with E-state index in [4.69, 9.17) is 0 Å². The normalized spacial score (nSPS) is 19.9. The standard InChI is InChI=1S/C26H35N3O4/c1-25(2,3)29(24(32)33)20(16-18-12-8-6-9-13-18)22(30)21-23(31)28(26(4,5)27-21)17-19-14-10-7-11-15-19/h6-15,20-22,27,30H,16-17H2,1-5H3,(H,32,33)/t20-,21?,22?/m0/s1. The van der Waals surface area contributed by atoms with Crippen LogP contribution >= 0.6 is 0 Å². The van der Waals surface area contributed by atoms with Crippen molar-refractivity contribution in [3.05, 3.63) is 71.8 Å². The number of aliphatic hydroxyl groups excluding tert-OH is 1. The smallest absolute Gasteiger partial charge is 0.408 e. The van der Waals surface area contributed by atoms with Gasteiger partial charge in [-0.15, -0.1) is 0 Å². The molecule has 2 aromatic carbocycles. The van der Waals surface area contributed by atoms with E-state index in [1.807, 2.05) is 74.5 Å². The average Bonchev–Trinajstić information content (AvgIpc) is 2.96. The lowest BCUT2D eigenvalue weighted by Gasteiger charge is -2.42. The van der Waals surface area contributed by atoms with Crippen LogP contribution in [-0.4, -0.2) is 61.4 Å². The van der Waals surface area contributed by atoms with E-state index in [0.29, 0.717) is 6.54 Å². The summed E-state index contributed by atoms with van der Waals surface area (Å²) in [6, 6.07) is 17.4. The van der Waals surface area contributed by atoms with Crippen LogP contribution in [0.15, 0.2) is 60.7 Å². The first-order valence-electron chi connectivity index (χ1n) is 11.3. The first-order valence-corrected chi connectivity index (χ1v) is 11.3. The van der Waals surface area contributed by atoms with Crippen LogP contribution in [-0.2, 0) is 17.8 Å². The van der Waals surface area contributed by atoms with E-state index in [2.05, 4.69) is 5.32 Å². The van der Waals surface area contributed by atoms with Crippen molar-refractivity contribution in [2.45, 2.75) is 77.0 Å². The number of carbonyl (C=O) groups excluding carboxylic acids is 1. The molecule has 3 rings (SSSR count). The third kappa shape index (κ3) is 5.54. The molecule has 2 unspecified atom stereocenters. The van der Waals surface area contributed by atoms with Crippen molar-refractivity contribution in [3.63, 3.8) is 0 Å². The number of carboxylic acid groups (broad SMARTS) is 1. The van der Waals surface area contributed by atoms with Crippen molar-refractivity contribution in [1.29, 1.82) is 0 Å². The molecule has 1 heterocycles. The van der Waals surface area contributed by atoms with E-state index in [1.54, 1.807) is 25.7 Å². The van der Waals surface area contributed by atoms with Gasteiger partial charge in [-0.2, -0.15) is 0 Å². The van der Waals surface area contributed by atoms with Gasteiger partial charge in [0.1, 0.15) is 6.04 Å². The molecular formula is C26H35N3O4. The minimum Gasteiger partial charge on any atom is -0.465 e. The number of rotatable bonds is 7. The van der Waals surface area contributed by atoms with Crippen LogP contribution in [0.5, 0.6) is 0 Å². The molecule has 178 valence electrons. The van der Waals surface area contributed by atoms with Crippen LogP contribution in [0.1, 0.15) is 45.7 Å². The molecule has 33 heavy (non-hydrogen) atoms. The molecule has 2 aromatic rings. The number of nitrogens with one attached hydrogen (secondary N) is 1. The maximum atomic E-state index is 13.5. The average molecular weight is 454 g/mol. The summed E-state index contributed by atoms with van der Waals surface area (Å²) in [5.41, 5.74) is 0.403. The molecule has 7 heteroatoms. The van der Waals surface area contributed by atoms with Gasteiger partial charge in [-0.1, -0.05) is 60.7 Å². The predicted molar refractivity (Wildman–Crippen MR) is 128 cm³/mol. The summed E-state index contributed by atoms with van der Waals surface area (Å²) >= 11 is 0. The molecule has 0 aliphatic carbocycles. The Hall–Kier alpha value is -2.90. The topological polar surface area (TPSA) is 93.1 Å². The van der Waals surface area contributed by atoms with Crippen molar-refractivity contribution in [1.82, 2.24) is 15.1 Å². The third-order valence-corrected chi connectivity index (χ3v) is 6.18. The highest BCUT2D eigenvalue weighted by atomic mass is 16.4. The Kier molecular flexibility index (Phi) is 7.14. The number of amides is 2. The van der Waals surface area contributed by atoms with Crippen molar-refractivity contribution in [2.24, 2.45) is 0 Å². The summed E-state index contributed by atoms with van der Waals surface area (Å²) in [5.74, 6) is -0.242. The van der Waals surface area contributed by atoms with E-state index in [1.165, 1.54) is 4.90 Å². The van der Waals surface area contributed by atoms with E-state index in [-0.39, 0.29) is 12.3 Å². The Balaban J connectivity index is 1.93. The van der Waals surface area contributed by atoms with E-state index < -0.39 is 35.5 Å². The zero-order chi connectivity index (χ0) is 24.4. The van der Waals surface area contributed by atoms with Gasteiger partial charge < -0.3 is 15.1 Å². The highest BCUT2D eigenvalue weighted by molar-refractivity contribution is 5.86. The zero-order valence-electron chi connectivity index (χ0n) is 20.0. The molecule has 0 radical (unpaired) electrons. The molecule has 1 fully saturated rings. The first kappa shape index (κ1) is 24.7. The van der Waals surface area contributed by atoms with Crippen LogP contribution in [0.25, 0.3) is 0 Å². The molecular weight excluding hydrogens is 418 g/mol. The van der Waals surface area contributed by atoms with E-state index in [9.17, 15) is 19.8 Å². The minimum absolute atomic E-state index is 0.242. The van der Waals surface area contributed by atoms with Gasteiger partial charge >= 0.3 is 6.09 Å². The van der Waals surface area contributed by atoms with Gasteiger partial charge in [0.2, 0.25) is 5.91 Å². The van der Waals surface area contributed by atoms with Gasteiger partial charge in [0.05, 0.1) is 17.8 Å². The molecule has 0 saturated carbocycles. The fourth-order valence-corrected chi connectivity index (χ4v) is 4.61. The fraction of sp³-hybridized carbons (Fsp3) is 0.462. The van der Waals surface area contributed by atoms with Crippen LogP contribution in [0, 0.1) is 0 Å². The molecule has 1 aliphatic heterocycles. The second-order valence-electron chi connectivity index (χ2n) is 10.2. The molecule has 0 spiro atoms. The van der Waals surface area contributed by atoms with Crippen molar-refractivity contribution in [3.8, 4) is 0 Å². The molecule has 0 bridgehead atoms. The lowest BCUT2D eigenvalue weighted by atomic mass is 9.91. The van der Waals surface area contributed by atoms with Gasteiger partial charge in [0.15, 0.2) is 0 Å². The van der Waals surface area contributed by atoms with Crippen LogP contribution < -0.4 is 5.32 Å². The molecule has 3 atom stereocenters. The molecule has 7 nitrogen and oxygen atoms in total. The van der Waals surface area contributed by atoms with Gasteiger partial charge in [0, 0.05) is 12.1 Å². The summed E-state index contributed by atoms with van der Waals surface area (Å²) in [7, 11) is 0. The second-order valence-corrected chi connectivity index (χ2v) is 10.2. The number of hydrogen-bond donors (Lipinski definition) is 3. The first-order chi connectivity index (χ1) is 15.4. The maximum Gasteiger partial charge on any atom is 0.408 e. The highest BCUT2D eigenvalue weighted by Gasteiger charge is 2.51. The maximum absolute atomic E-state index is 13.5. The largest absolute Gasteiger partial charge is 0.465 e. The summed E-state index contributed by atoms with van der Waals surface area (Å²) in [6.07, 6.45) is -2.09. The Morgan fingerprint density at radius 2 is 1.58 bits per heavy atom. The number of hydrogen-bond acceptors (Lipinski definition) is 4. The lowest BCUT2D eigenvalue weighted by molar-refractivity contribution is -0.135. The second kappa shape index (κ2) is 9.53. The molecule has 0 aromatic heterocycles. The Morgan fingerprint density at radius 1 is 1.06 bits per heavy atom.